The van der Waals surface area contributed by atoms with Crippen LogP contribution in [0.5, 0.6) is 0 Å². The summed E-state index contributed by atoms with van der Waals surface area (Å²) < 4.78 is 10.3. The lowest BCUT2D eigenvalue weighted by molar-refractivity contribution is -0.107. The van der Waals surface area contributed by atoms with Gasteiger partial charge in [-0.1, -0.05) is 13.3 Å². The van der Waals surface area contributed by atoms with Gasteiger partial charge < -0.3 is 14.3 Å². The maximum absolute atomic E-state index is 10.0. The quantitative estimate of drug-likeness (QED) is 0.229. The van der Waals surface area contributed by atoms with Crippen molar-refractivity contribution in [2.75, 3.05) is 13.4 Å². The van der Waals surface area contributed by atoms with E-state index in [1.807, 2.05) is 6.08 Å². The van der Waals surface area contributed by atoms with Crippen LogP contribution in [0.4, 0.5) is 0 Å². The maximum atomic E-state index is 10.0. The standard InChI is InChI=1S/C12H22O3/c1-2-3-10-14-12-15-11-8-6-4-5-7-9-13/h8-9,11H,2-7,10,12H2,1H3. The largest absolute Gasteiger partial charge is 0.475 e. The zero-order chi connectivity index (χ0) is 11.2. The van der Waals surface area contributed by atoms with Crippen LogP contribution in [0.15, 0.2) is 12.3 Å². The molecule has 0 heterocycles. The number of carbonyl (C=O) groups excluding carboxylic acids is 1. The molecule has 0 aromatic rings. The molecule has 0 fully saturated rings. The summed E-state index contributed by atoms with van der Waals surface area (Å²) in [5.41, 5.74) is 0. The lowest BCUT2D eigenvalue weighted by atomic mass is 10.2. The molecule has 3 heteroatoms. The van der Waals surface area contributed by atoms with E-state index in [1.165, 1.54) is 0 Å². The highest BCUT2D eigenvalue weighted by atomic mass is 16.7. The predicted molar refractivity (Wildman–Crippen MR) is 60.5 cm³/mol. The fourth-order valence-electron chi connectivity index (χ4n) is 1.02. The third kappa shape index (κ3) is 13.2. The van der Waals surface area contributed by atoms with Crippen LogP contribution in [-0.4, -0.2) is 19.7 Å². The summed E-state index contributed by atoms with van der Waals surface area (Å²) in [5.74, 6) is 0. The summed E-state index contributed by atoms with van der Waals surface area (Å²) in [4.78, 5) is 10.0. The molecule has 0 aromatic carbocycles. The second-order valence-electron chi connectivity index (χ2n) is 3.37. The van der Waals surface area contributed by atoms with Gasteiger partial charge in [0.2, 0.25) is 0 Å². The Balaban J connectivity index is 3.00. The van der Waals surface area contributed by atoms with Crippen LogP contribution in [0.1, 0.15) is 45.4 Å². The van der Waals surface area contributed by atoms with Gasteiger partial charge in [0.25, 0.3) is 0 Å². The van der Waals surface area contributed by atoms with Crippen LogP contribution in [0.3, 0.4) is 0 Å². The van der Waals surface area contributed by atoms with Crippen LogP contribution in [0, 0.1) is 0 Å². The summed E-state index contributed by atoms with van der Waals surface area (Å²) in [7, 11) is 0. The Bertz CT molecular complexity index is 155. The molecule has 0 atom stereocenters. The fraction of sp³-hybridized carbons (Fsp3) is 0.750. The SMILES string of the molecule is CCCCOCOC=CCCCCC=O. The molecule has 0 aliphatic rings. The van der Waals surface area contributed by atoms with Gasteiger partial charge in [-0.05, 0) is 31.8 Å². The van der Waals surface area contributed by atoms with E-state index in [4.69, 9.17) is 9.47 Å². The molecule has 0 saturated heterocycles. The first-order valence-electron chi connectivity index (χ1n) is 5.69. The number of rotatable bonds is 11. The molecule has 0 amide bonds. The zero-order valence-corrected chi connectivity index (χ0v) is 9.61. The molecule has 0 rings (SSSR count). The predicted octanol–water partition coefficient (Wildman–Crippen LogP) is 3.05. The molecule has 15 heavy (non-hydrogen) atoms. The number of aldehydes is 1. The third-order valence-electron chi connectivity index (χ3n) is 1.93. The average Bonchev–Trinajstić information content (AvgIpc) is 2.26. The second kappa shape index (κ2) is 13.2. The lowest BCUT2D eigenvalue weighted by Gasteiger charge is -2.01. The Labute approximate surface area is 92.5 Å². The Morgan fingerprint density at radius 2 is 1.93 bits per heavy atom. The van der Waals surface area contributed by atoms with Crippen molar-refractivity contribution in [1.82, 2.24) is 0 Å². The molecule has 0 aliphatic carbocycles. The van der Waals surface area contributed by atoms with E-state index in [1.54, 1.807) is 6.26 Å². The molecule has 88 valence electrons. The summed E-state index contributed by atoms with van der Waals surface area (Å²) >= 11 is 0. The minimum atomic E-state index is 0.338. The fourth-order valence-corrected chi connectivity index (χ4v) is 1.02. The van der Waals surface area contributed by atoms with Gasteiger partial charge in [0.1, 0.15) is 6.29 Å². The zero-order valence-electron chi connectivity index (χ0n) is 9.61. The molecule has 0 aromatic heterocycles. The van der Waals surface area contributed by atoms with Gasteiger partial charge >= 0.3 is 0 Å². The van der Waals surface area contributed by atoms with Crippen LogP contribution in [0.25, 0.3) is 0 Å². The summed E-state index contributed by atoms with van der Waals surface area (Å²) in [6.07, 6.45) is 10.4. The maximum Gasteiger partial charge on any atom is 0.188 e. The van der Waals surface area contributed by atoms with E-state index in [0.717, 1.165) is 45.0 Å². The van der Waals surface area contributed by atoms with Crippen molar-refractivity contribution in [2.24, 2.45) is 0 Å². The lowest BCUT2D eigenvalue weighted by Crippen LogP contribution is -1.97. The Hall–Kier alpha value is -0.830. The molecule has 0 saturated carbocycles. The van der Waals surface area contributed by atoms with Crippen molar-refractivity contribution in [2.45, 2.75) is 45.4 Å². The number of hydrogen-bond acceptors (Lipinski definition) is 3. The van der Waals surface area contributed by atoms with E-state index < -0.39 is 0 Å². The summed E-state index contributed by atoms with van der Waals surface area (Å²) in [6, 6.07) is 0. The van der Waals surface area contributed by atoms with Crippen LogP contribution in [0.2, 0.25) is 0 Å². The molecule has 0 N–H and O–H groups in total. The van der Waals surface area contributed by atoms with Gasteiger partial charge in [0.05, 0.1) is 12.9 Å². The normalized spacial score (nSPS) is 10.7. The highest BCUT2D eigenvalue weighted by Gasteiger charge is 1.86. The molecule has 0 unspecified atom stereocenters. The molecule has 0 spiro atoms. The van der Waals surface area contributed by atoms with Crippen LogP contribution >= 0.6 is 0 Å². The minimum absolute atomic E-state index is 0.338. The van der Waals surface area contributed by atoms with Crippen molar-refractivity contribution in [1.29, 1.82) is 0 Å². The highest BCUT2D eigenvalue weighted by molar-refractivity contribution is 5.48. The average molecular weight is 214 g/mol. The molecule has 0 radical (unpaired) electrons. The third-order valence-corrected chi connectivity index (χ3v) is 1.93. The molecular formula is C12H22O3. The number of hydrogen-bond donors (Lipinski definition) is 0. The summed E-state index contributed by atoms with van der Waals surface area (Å²) in [6.45, 7) is 3.23. The van der Waals surface area contributed by atoms with Gasteiger partial charge in [0, 0.05) is 6.42 Å². The van der Waals surface area contributed by atoms with Crippen molar-refractivity contribution < 1.29 is 14.3 Å². The van der Waals surface area contributed by atoms with Gasteiger partial charge in [-0.2, -0.15) is 0 Å². The number of allylic oxidation sites excluding steroid dienone is 1. The molecule has 0 bridgehead atoms. The van der Waals surface area contributed by atoms with Crippen molar-refractivity contribution in [3.8, 4) is 0 Å². The van der Waals surface area contributed by atoms with Crippen LogP contribution < -0.4 is 0 Å². The van der Waals surface area contributed by atoms with Crippen molar-refractivity contribution >= 4 is 6.29 Å². The van der Waals surface area contributed by atoms with Gasteiger partial charge in [-0.25, -0.2) is 0 Å². The first kappa shape index (κ1) is 14.2. The molecule has 0 aliphatic heterocycles. The van der Waals surface area contributed by atoms with Crippen LogP contribution in [-0.2, 0) is 14.3 Å². The smallest absolute Gasteiger partial charge is 0.188 e. The van der Waals surface area contributed by atoms with E-state index in [0.29, 0.717) is 13.2 Å². The molecule has 3 nitrogen and oxygen atoms in total. The van der Waals surface area contributed by atoms with Crippen molar-refractivity contribution in [3.05, 3.63) is 12.3 Å². The monoisotopic (exact) mass is 214 g/mol. The number of carbonyl (C=O) groups is 1. The first-order chi connectivity index (χ1) is 7.41. The van der Waals surface area contributed by atoms with E-state index in [-0.39, 0.29) is 0 Å². The topological polar surface area (TPSA) is 35.5 Å². The van der Waals surface area contributed by atoms with Gasteiger partial charge in [-0.15, -0.1) is 0 Å². The number of unbranched alkanes of at least 4 members (excludes halogenated alkanes) is 4. The van der Waals surface area contributed by atoms with E-state index in [2.05, 4.69) is 6.92 Å². The Kier molecular flexibility index (Phi) is 12.4. The highest BCUT2D eigenvalue weighted by Crippen LogP contribution is 1.98. The molecular weight excluding hydrogens is 192 g/mol. The van der Waals surface area contributed by atoms with E-state index in [9.17, 15) is 4.79 Å². The van der Waals surface area contributed by atoms with Gasteiger partial charge in [0.15, 0.2) is 6.79 Å². The first-order valence-corrected chi connectivity index (χ1v) is 5.69. The second-order valence-corrected chi connectivity index (χ2v) is 3.37. The Morgan fingerprint density at radius 1 is 1.13 bits per heavy atom. The summed E-state index contributed by atoms with van der Waals surface area (Å²) in [5, 5.41) is 0. The van der Waals surface area contributed by atoms with Crippen molar-refractivity contribution in [3.63, 3.8) is 0 Å². The van der Waals surface area contributed by atoms with E-state index >= 15 is 0 Å². The van der Waals surface area contributed by atoms with Gasteiger partial charge in [-0.3, -0.25) is 0 Å². The number of ether oxygens (including phenoxy) is 2. The minimum Gasteiger partial charge on any atom is -0.475 e. The Morgan fingerprint density at radius 3 is 2.67 bits per heavy atom.